The van der Waals surface area contributed by atoms with Crippen molar-refractivity contribution in [2.75, 3.05) is 6.61 Å². The Balaban J connectivity index is 3.21. The zero-order chi connectivity index (χ0) is 10.1. The lowest BCUT2D eigenvalue weighted by Crippen LogP contribution is -2.24. The van der Waals surface area contributed by atoms with Crippen LogP contribution in [0, 0.1) is 0 Å². The zero-order valence-electron chi connectivity index (χ0n) is 8.38. The Bertz CT molecular complexity index is 109. The largest absolute Gasteiger partial charge is 0.394 e. The molecular formula is C10H21ClO2. The van der Waals surface area contributed by atoms with Gasteiger partial charge in [-0.05, 0) is 6.42 Å². The SMILES string of the molecule is CCCCCCCC(Cl)C(O)CO. The highest BCUT2D eigenvalue weighted by atomic mass is 35.5. The Labute approximate surface area is 85.9 Å². The summed E-state index contributed by atoms with van der Waals surface area (Å²) in [7, 11) is 0. The standard InChI is InChI=1S/C10H21ClO2/c1-2-3-4-5-6-7-9(11)10(13)8-12/h9-10,12-13H,2-8H2,1H3. The Hall–Kier alpha value is 0.210. The molecule has 2 atom stereocenters. The van der Waals surface area contributed by atoms with Crippen LogP contribution in [-0.2, 0) is 0 Å². The van der Waals surface area contributed by atoms with E-state index in [1.54, 1.807) is 0 Å². The zero-order valence-corrected chi connectivity index (χ0v) is 9.13. The van der Waals surface area contributed by atoms with Crippen molar-refractivity contribution in [3.05, 3.63) is 0 Å². The average molecular weight is 209 g/mol. The lowest BCUT2D eigenvalue weighted by molar-refractivity contribution is 0.0890. The van der Waals surface area contributed by atoms with Crippen LogP contribution in [0.2, 0.25) is 0 Å². The van der Waals surface area contributed by atoms with Crippen LogP contribution in [0.4, 0.5) is 0 Å². The first-order chi connectivity index (χ1) is 6.22. The van der Waals surface area contributed by atoms with Crippen LogP contribution in [0.3, 0.4) is 0 Å². The quantitative estimate of drug-likeness (QED) is 0.475. The maximum atomic E-state index is 9.15. The van der Waals surface area contributed by atoms with E-state index in [1.165, 1.54) is 25.7 Å². The fourth-order valence-electron chi connectivity index (χ4n) is 1.25. The lowest BCUT2D eigenvalue weighted by atomic mass is 10.1. The average Bonchev–Trinajstić information content (AvgIpc) is 2.16. The van der Waals surface area contributed by atoms with Crippen molar-refractivity contribution < 1.29 is 10.2 Å². The van der Waals surface area contributed by atoms with E-state index in [-0.39, 0.29) is 12.0 Å². The van der Waals surface area contributed by atoms with E-state index in [0.717, 1.165) is 12.8 Å². The molecule has 0 saturated carbocycles. The molecule has 13 heavy (non-hydrogen) atoms. The second kappa shape index (κ2) is 8.79. The van der Waals surface area contributed by atoms with Gasteiger partial charge in [-0.3, -0.25) is 0 Å². The molecule has 0 aromatic carbocycles. The normalized spacial score (nSPS) is 15.7. The van der Waals surface area contributed by atoms with Crippen LogP contribution in [0.25, 0.3) is 0 Å². The third kappa shape index (κ3) is 7.29. The maximum absolute atomic E-state index is 9.15. The van der Waals surface area contributed by atoms with Crippen molar-refractivity contribution in [1.82, 2.24) is 0 Å². The van der Waals surface area contributed by atoms with Crippen LogP contribution >= 0.6 is 11.6 Å². The highest BCUT2D eigenvalue weighted by Crippen LogP contribution is 2.13. The number of alkyl halides is 1. The van der Waals surface area contributed by atoms with Crippen molar-refractivity contribution >= 4 is 11.6 Å². The van der Waals surface area contributed by atoms with Crippen molar-refractivity contribution in [1.29, 1.82) is 0 Å². The van der Waals surface area contributed by atoms with E-state index in [9.17, 15) is 0 Å². The molecule has 0 saturated heterocycles. The monoisotopic (exact) mass is 208 g/mol. The summed E-state index contributed by atoms with van der Waals surface area (Å²) in [6, 6.07) is 0. The summed E-state index contributed by atoms with van der Waals surface area (Å²) in [6.45, 7) is 1.95. The van der Waals surface area contributed by atoms with E-state index in [2.05, 4.69) is 6.92 Å². The Morgan fingerprint density at radius 3 is 2.31 bits per heavy atom. The molecule has 0 aromatic rings. The van der Waals surface area contributed by atoms with Crippen LogP contribution in [-0.4, -0.2) is 28.3 Å². The molecule has 0 fully saturated rings. The molecule has 0 aromatic heterocycles. The van der Waals surface area contributed by atoms with E-state index in [4.69, 9.17) is 21.8 Å². The fraction of sp³-hybridized carbons (Fsp3) is 1.00. The summed E-state index contributed by atoms with van der Waals surface area (Å²) in [5, 5.41) is 17.5. The summed E-state index contributed by atoms with van der Waals surface area (Å²) < 4.78 is 0. The number of unbranched alkanes of at least 4 members (excludes halogenated alkanes) is 4. The molecule has 0 amide bonds. The molecule has 0 heterocycles. The van der Waals surface area contributed by atoms with Gasteiger partial charge >= 0.3 is 0 Å². The minimum Gasteiger partial charge on any atom is -0.394 e. The number of halogens is 1. The molecule has 80 valence electrons. The number of hydrogen-bond acceptors (Lipinski definition) is 2. The van der Waals surface area contributed by atoms with E-state index in [1.807, 2.05) is 0 Å². The van der Waals surface area contributed by atoms with Crippen molar-refractivity contribution in [3.63, 3.8) is 0 Å². The van der Waals surface area contributed by atoms with Gasteiger partial charge in [-0.15, -0.1) is 11.6 Å². The first-order valence-corrected chi connectivity index (χ1v) is 5.59. The summed E-state index contributed by atoms with van der Waals surface area (Å²) in [5.41, 5.74) is 0. The maximum Gasteiger partial charge on any atom is 0.0933 e. The molecule has 0 rings (SSSR count). The predicted octanol–water partition coefficient (Wildman–Crippen LogP) is 2.31. The molecule has 2 nitrogen and oxygen atoms in total. The molecule has 3 heteroatoms. The van der Waals surface area contributed by atoms with Gasteiger partial charge in [0, 0.05) is 0 Å². The van der Waals surface area contributed by atoms with E-state index in [0.29, 0.717) is 0 Å². The van der Waals surface area contributed by atoms with Gasteiger partial charge in [0.1, 0.15) is 0 Å². The number of rotatable bonds is 8. The lowest BCUT2D eigenvalue weighted by Gasteiger charge is -2.13. The topological polar surface area (TPSA) is 40.5 Å². The van der Waals surface area contributed by atoms with Crippen LogP contribution in [0.15, 0.2) is 0 Å². The van der Waals surface area contributed by atoms with Gasteiger partial charge in [-0.2, -0.15) is 0 Å². The second-order valence-electron chi connectivity index (χ2n) is 3.47. The molecule has 0 bridgehead atoms. The van der Waals surface area contributed by atoms with Crippen molar-refractivity contribution in [2.45, 2.75) is 56.9 Å². The Morgan fingerprint density at radius 2 is 1.77 bits per heavy atom. The van der Waals surface area contributed by atoms with Crippen LogP contribution < -0.4 is 0 Å². The molecule has 2 unspecified atom stereocenters. The fourth-order valence-corrected chi connectivity index (χ4v) is 1.48. The van der Waals surface area contributed by atoms with Gasteiger partial charge < -0.3 is 10.2 Å². The molecule has 0 radical (unpaired) electrons. The Kier molecular flexibility index (Phi) is 8.93. The summed E-state index contributed by atoms with van der Waals surface area (Å²) >= 11 is 5.83. The van der Waals surface area contributed by atoms with Crippen molar-refractivity contribution in [3.8, 4) is 0 Å². The van der Waals surface area contributed by atoms with Crippen LogP contribution in [0.5, 0.6) is 0 Å². The second-order valence-corrected chi connectivity index (χ2v) is 4.03. The van der Waals surface area contributed by atoms with Crippen LogP contribution in [0.1, 0.15) is 45.4 Å². The molecule has 0 aliphatic rings. The smallest absolute Gasteiger partial charge is 0.0933 e. The van der Waals surface area contributed by atoms with Gasteiger partial charge in [0.25, 0.3) is 0 Å². The first kappa shape index (κ1) is 13.2. The minimum atomic E-state index is -0.757. The number of aliphatic hydroxyl groups excluding tert-OH is 2. The van der Waals surface area contributed by atoms with Gasteiger partial charge in [0.15, 0.2) is 0 Å². The van der Waals surface area contributed by atoms with Gasteiger partial charge in [-0.25, -0.2) is 0 Å². The highest BCUT2D eigenvalue weighted by molar-refractivity contribution is 6.21. The van der Waals surface area contributed by atoms with Gasteiger partial charge in [0.2, 0.25) is 0 Å². The van der Waals surface area contributed by atoms with Gasteiger partial charge in [-0.1, -0.05) is 39.0 Å². The highest BCUT2D eigenvalue weighted by Gasteiger charge is 2.14. The molecule has 0 spiro atoms. The van der Waals surface area contributed by atoms with E-state index < -0.39 is 6.10 Å². The Morgan fingerprint density at radius 1 is 1.15 bits per heavy atom. The molecular weight excluding hydrogens is 188 g/mol. The molecule has 0 aliphatic carbocycles. The number of aliphatic hydroxyl groups is 2. The number of hydrogen-bond donors (Lipinski definition) is 2. The third-order valence-corrected chi connectivity index (χ3v) is 2.70. The first-order valence-electron chi connectivity index (χ1n) is 5.15. The summed E-state index contributed by atoms with van der Waals surface area (Å²) in [4.78, 5) is 0. The summed E-state index contributed by atoms with van der Waals surface area (Å²) in [5.74, 6) is 0. The molecule has 2 N–H and O–H groups in total. The third-order valence-electron chi connectivity index (χ3n) is 2.19. The van der Waals surface area contributed by atoms with Gasteiger partial charge in [0.05, 0.1) is 18.1 Å². The van der Waals surface area contributed by atoms with E-state index >= 15 is 0 Å². The van der Waals surface area contributed by atoms with Crippen molar-refractivity contribution in [2.24, 2.45) is 0 Å². The molecule has 0 aliphatic heterocycles. The predicted molar refractivity (Wildman–Crippen MR) is 56.1 cm³/mol. The minimum absolute atomic E-state index is 0.233. The summed E-state index contributed by atoms with van der Waals surface area (Å²) in [6.07, 6.45) is 6.02.